The third-order valence-electron chi connectivity index (χ3n) is 5.62. The van der Waals surface area contributed by atoms with Gasteiger partial charge in [0.25, 0.3) is 0 Å². The van der Waals surface area contributed by atoms with Crippen molar-refractivity contribution in [3.8, 4) is 0 Å². The predicted molar refractivity (Wildman–Crippen MR) is 96.7 cm³/mol. The zero-order valence-electron chi connectivity index (χ0n) is 19.9. The normalized spacial score (nSPS) is 14.9. The lowest BCUT2D eigenvalue weighted by Gasteiger charge is -2.40. The van der Waals surface area contributed by atoms with Crippen LogP contribution in [0, 0.1) is 0 Å². The summed E-state index contributed by atoms with van der Waals surface area (Å²) < 4.78 is 292. The summed E-state index contributed by atoms with van der Waals surface area (Å²) in [5.41, 5.74) is -39.6. The molecule has 0 saturated heterocycles. The number of benzene rings is 1. The Labute approximate surface area is 230 Å². The Morgan fingerprint density at radius 2 is 0.422 bits per heavy atom. The van der Waals surface area contributed by atoms with Gasteiger partial charge in [0, 0.05) is 16.7 Å². The summed E-state index contributed by atoms with van der Waals surface area (Å²) in [7, 11) is 0. The standard InChI is InChI=1S/C18H6F21N3O3/c19-10(13(22,23)24,14(25,26)27)4-1(7(40)43)5(11(20,15(28,29)30)16(31,32)33)3(9(42)45)6(2(4)8(41)44)12(21,17(34,35)36)18(37,38)39/h(H2,40,43)(H2,41,44)(H2,42,45). The maximum Gasteiger partial charge on any atom is 0.435 e. The fourth-order valence-electron chi connectivity index (χ4n) is 3.86. The molecule has 6 N–H and O–H groups in total. The minimum absolute atomic E-state index is 3.87. The number of rotatable bonds is 6. The maximum absolute atomic E-state index is 15.3. The van der Waals surface area contributed by atoms with Gasteiger partial charge >= 0.3 is 54.1 Å². The van der Waals surface area contributed by atoms with E-state index in [-0.39, 0.29) is 0 Å². The first-order valence-electron chi connectivity index (χ1n) is 9.95. The maximum atomic E-state index is 15.3. The first-order valence-corrected chi connectivity index (χ1v) is 9.95. The van der Waals surface area contributed by atoms with E-state index in [0.29, 0.717) is 0 Å². The SMILES string of the molecule is NC(=O)c1c(C(F)(C(F)(F)F)C(F)(F)F)c(C(N)=O)c(C(F)(C(F)(F)F)C(F)(F)F)c(C(N)=O)c1C(F)(C(F)(F)F)C(F)(F)F. The average molecular weight is 711 g/mol. The number of nitrogens with two attached hydrogens (primary N) is 3. The lowest BCUT2D eigenvalue weighted by Crippen LogP contribution is -2.58. The molecule has 0 atom stereocenters. The van der Waals surface area contributed by atoms with Crippen LogP contribution in [0.2, 0.25) is 0 Å². The molecule has 1 rings (SSSR count). The Kier molecular flexibility index (Phi) is 9.01. The van der Waals surface area contributed by atoms with Gasteiger partial charge < -0.3 is 17.2 Å². The van der Waals surface area contributed by atoms with Crippen LogP contribution in [0.4, 0.5) is 92.2 Å². The van der Waals surface area contributed by atoms with Crippen LogP contribution in [0.3, 0.4) is 0 Å². The lowest BCUT2D eigenvalue weighted by molar-refractivity contribution is -0.352. The second-order valence-electron chi connectivity index (χ2n) is 8.30. The van der Waals surface area contributed by atoms with E-state index < -0.39 is 105 Å². The highest BCUT2D eigenvalue weighted by molar-refractivity contribution is 6.10. The second kappa shape index (κ2) is 10.3. The van der Waals surface area contributed by atoms with E-state index >= 15 is 13.2 Å². The summed E-state index contributed by atoms with van der Waals surface area (Å²) in [6.45, 7) is 0. The molecular formula is C18H6F21N3O3. The first kappa shape index (κ1) is 39.2. The van der Waals surface area contributed by atoms with Gasteiger partial charge in [-0.2, -0.15) is 79.0 Å². The quantitative estimate of drug-likeness (QED) is 0.321. The van der Waals surface area contributed by atoms with Gasteiger partial charge in [-0.05, 0) is 0 Å². The molecule has 0 aromatic heterocycles. The van der Waals surface area contributed by atoms with Crippen molar-refractivity contribution in [3.05, 3.63) is 33.4 Å². The zero-order chi connectivity index (χ0) is 36.7. The lowest BCUT2D eigenvalue weighted by atomic mass is 9.70. The van der Waals surface area contributed by atoms with E-state index in [1.807, 2.05) is 0 Å². The molecule has 0 radical (unpaired) electrons. The summed E-state index contributed by atoms with van der Waals surface area (Å²) in [6, 6.07) is 0. The molecule has 45 heavy (non-hydrogen) atoms. The van der Waals surface area contributed by atoms with Crippen molar-refractivity contribution in [1.29, 1.82) is 0 Å². The van der Waals surface area contributed by atoms with Gasteiger partial charge in [-0.15, -0.1) is 0 Å². The van der Waals surface area contributed by atoms with E-state index in [1.165, 1.54) is 0 Å². The monoisotopic (exact) mass is 711 g/mol. The topological polar surface area (TPSA) is 129 Å². The van der Waals surface area contributed by atoms with Crippen LogP contribution in [0.25, 0.3) is 0 Å². The third-order valence-corrected chi connectivity index (χ3v) is 5.62. The number of alkyl halides is 21. The van der Waals surface area contributed by atoms with E-state index in [4.69, 9.17) is 0 Å². The van der Waals surface area contributed by atoms with Crippen LogP contribution in [0.15, 0.2) is 0 Å². The molecule has 258 valence electrons. The Morgan fingerprint density at radius 3 is 0.489 bits per heavy atom. The molecule has 0 aliphatic rings. The Morgan fingerprint density at radius 1 is 0.311 bits per heavy atom. The molecule has 1 aromatic carbocycles. The molecule has 0 bridgehead atoms. The smallest absolute Gasteiger partial charge is 0.366 e. The van der Waals surface area contributed by atoms with Gasteiger partial charge in [0.15, 0.2) is 0 Å². The van der Waals surface area contributed by atoms with Crippen molar-refractivity contribution in [3.63, 3.8) is 0 Å². The summed E-state index contributed by atoms with van der Waals surface area (Å²) in [4.78, 5) is 35.8. The first-order chi connectivity index (χ1) is 19.3. The number of primary amides is 3. The van der Waals surface area contributed by atoms with E-state index in [0.717, 1.165) is 0 Å². The summed E-state index contributed by atoms with van der Waals surface area (Å²) >= 11 is 0. The summed E-state index contributed by atoms with van der Waals surface area (Å²) in [5.74, 6) is -11.6. The highest BCUT2D eigenvalue weighted by atomic mass is 19.4. The molecule has 0 spiro atoms. The van der Waals surface area contributed by atoms with Crippen LogP contribution in [0.5, 0.6) is 0 Å². The zero-order valence-corrected chi connectivity index (χ0v) is 19.9. The number of carbonyl (C=O) groups is 3. The van der Waals surface area contributed by atoms with E-state index in [9.17, 15) is 93.4 Å². The largest absolute Gasteiger partial charge is 0.435 e. The minimum Gasteiger partial charge on any atom is -0.366 e. The molecule has 0 fully saturated rings. The van der Waals surface area contributed by atoms with E-state index in [1.54, 1.807) is 0 Å². The van der Waals surface area contributed by atoms with E-state index in [2.05, 4.69) is 17.2 Å². The predicted octanol–water partition coefficient (Wildman–Crippen LogP) is 5.85. The van der Waals surface area contributed by atoms with Gasteiger partial charge in [-0.1, -0.05) is 0 Å². The fourth-order valence-corrected chi connectivity index (χ4v) is 3.86. The number of carbonyl (C=O) groups excluding carboxylic acids is 3. The number of hydrogen-bond donors (Lipinski definition) is 3. The Bertz CT molecular complexity index is 1160. The second-order valence-corrected chi connectivity index (χ2v) is 8.30. The van der Waals surface area contributed by atoms with Crippen molar-refractivity contribution < 1.29 is 107 Å². The Balaban J connectivity index is 5.69. The van der Waals surface area contributed by atoms with Gasteiger partial charge in [-0.3, -0.25) is 14.4 Å². The van der Waals surface area contributed by atoms with Crippen molar-refractivity contribution >= 4 is 17.7 Å². The molecule has 1 aromatic rings. The molecule has 6 nitrogen and oxygen atoms in total. The van der Waals surface area contributed by atoms with Crippen LogP contribution in [-0.2, 0) is 17.0 Å². The molecular weight excluding hydrogens is 705 g/mol. The molecule has 3 amide bonds. The van der Waals surface area contributed by atoms with Crippen LogP contribution >= 0.6 is 0 Å². The van der Waals surface area contributed by atoms with Crippen LogP contribution in [0.1, 0.15) is 47.8 Å². The van der Waals surface area contributed by atoms with Crippen molar-refractivity contribution in [2.75, 3.05) is 0 Å². The molecule has 0 aliphatic heterocycles. The highest BCUT2D eigenvalue weighted by Crippen LogP contribution is 2.64. The van der Waals surface area contributed by atoms with Gasteiger partial charge in [0.2, 0.25) is 17.7 Å². The third kappa shape index (κ3) is 5.39. The van der Waals surface area contributed by atoms with Crippen molar-refractivity contribution in [2.24, 2.45) is 17.2 Å². The average Bonchev–Trinajstić information content (AvgIpc) is 2.75. The molecule has 0 heterocycles. The molecule has 27 heteroatoms. The molecule has 0 unspecified atom stereocenters. The molecule has 0 saturated carbocycles. The van der Waals surface area contributed by atoms with Crippen molar-refractivity contribution in [2.45, 2.75) is 54.1 Å². The van der Waals surface area contributed by atoms with Crippen molar-refractivity contribution in [1.82, 2.24) is 0 Å². The number of amides is 3. The Hall–Kier alpha value is -3.84. The summed E-state index contributed by atoms with van der Waals surface area (Å²) in [6.07, 6.45) is -49.0. The van der Waals surface area contributed by atoms with Gasteiger partial charge in [0.05, 0.1) is 16.7 Å². The fraction of sp³-hybridized carbons (Fsp3) is 0.500. The summed E-state index contributed by atoms with van der Waals surface area (Å²) in [5, 5.41) is 0. The van der Waals surface area contributed by atoms with Gasteiger partial charge in [-0.25, -0.2) is 13.2 Å². The number of hydrogen-bond acceptors (Lipinski definition) is 3. The minimum atomic E-state index is -8.16. The molecule has 0 aliphatic carbocycles. The van der Waals surface area contributed by atoms with Gasteiger partial charge in [0.1, 0.15) is 0 Å². The highest BCUT2D eigenvalue weighted by Gasteiger charge is 2.82. The number of halogens is 21. The van der Waals surface area contributed by atoms with Crippen LogP contribution in [-0.4, -0.2) is 54.8 Å². The van der Waals surface area contributed by atoms with Crippen LogP contribution < -0.4 is 17.2 Å².